The van der Waals surface area contributed by atoms with Gasteiger partial charge in [0.05, 0.1) is 23.5 Å². The molecule has 0 bridgehead atoms. The quantitative estimate of drug-likeness (QED) is 0.495. The molecule has 0 atom stereocenters. The molecule has 2 aromatic heterocycles. The summed E-state index contributed by atoms with van der Waals surface area (Å²) < 4.78 is 11.6. The number of nitrogens with zero attached hydrogens (tertiary/aromatic N) is 3. The average Bonchev–Trinajstić information content (AvgIpc) is 3.43. The number of ether oxygens (including phenoxy) is 1. The van der Waals surface area contributed by atoms with Gasteiger partial charge in [0.1, 0.15) is 11.9 Å². The van der Waals surface area contributed by atoms with Crippen molar-refractivity contribution in [2.45, 2.75) is 6.10 Å². The third-order valence-electron chi connectivity index (χ3n) is 4.74. The first-order chi connectivity index (χ1) is 14.3. The zero-order valence-electron chi connectivity index (χ0n) is 15.4. The van der Waals surface area contributed by atoms with Gasteiger partial charge >= 0.3 is 0 Å². The van der Waals surface area contributed by atoms with Crippen molar-refractivity contribution in [2.24, 2.45) is 0 Å². The highest BCUT2D eigenvalue weighted by Crippen LogP contribution is 2.32. The minimum absolute atomic E-state index is 0.0533. The Hall–Kier alpha value is -3.45. The highest BCUT2D eigenvalue weighted by atomic mass is 32.1. The van der Waals surface area contributed by atoms with Gasteiger partial charge in [0, 0.05) is 5.56 Å². The molecule has 0 aliphatic carbocycles. The molecule has 144 valence electrons. The van der Waals surface area contributed by atoms with E-state index >= 15 is 0 Å². The number of amides is 1. The smallest absolute Gasteiger partial charge is 0.264 e. The third-order valence-corrected chi connectivity index (χ3v) is 5.59. The van der Waals surface area contributed by atoms with Crippen molar-refractivity contribution in [3.05, 3.63) is 77.0 Å². The molecule has 0 spiro atoms. The molecule has 1 fully saturated rings. The summed E-state index contributed by atoms with van der Waals surface area (Å²) in [6.07, 6.45) is -0.0587. The first kappa shape index (κ1) is 17.6. The molecule has 0 unspecified atom stereocenters. The number of thiophene rings is 1. The molecule has 1 amide bonds. The third kappa shape index (κ3) is 3.52. The first-order valence-electron chi connectivity index (χ1n) is 9.26. The van der Waals surface area contributed by atoms with Crippen LogP contribution >= 0.6 is 11.3 Å². The topological polar surface area (TPSA) is 68.5 Å². The van der Waals surface area contributed by atoms with E-state index in [-0.39, 0.29) is 12.0 Å². The standard InChI is InChI=1S/C22H17N3O3S/c26-22(19-11-6-12-29-19)25-13-16(14-25)27-18-10-5-4-9-17(18)21-23-20(24-28-21)15-7-2-1-3-8-15/h1-12,16H,13-14H2. The Balaban J connectivity index is 1.30. The van der Waals surface area contributed by atoms with Gasteiger partial charge in [-0.25, -0.2) is 0 Å². The molecule has 5 rings (SSSR count). The number of hydrogen-bond donors (Lipinski definition) is 0. The van der Waals surface area contributed by atoms with Crippen LogP contribution in [-0.2, 0) is 0 Å². The van der Waals surface area contributed by atoms with E-state index in [0.29, 0.717) is 30.6 Å². The molecule has 29 heavy (non-hydrogen) atoms. The number of rotatable bonds is 5. The van der Waals surface area contributed by atoms with Gasteiger partial charge in [0.25, 0.3) is 11.8 Å². The van der Waals surface area contributed by atoms with Crippen molar-refractivity contribution in [2.75, 3.05) is 13.1 Å². The maximum absolute atomic E-state index is 12.4. The van der Waals surface area contributed by atoms with Crippen LogP contribution in [0.2, 0.25) is 0 Å². The number of hydrogen-bond acceptors (Lipinski definition) is 6. The second kappa shape index (κ2) is 7.52. The summed E-state index contributed by atoms with van der Waals surface area (Å²) in [5.41, 5.74) is 1.63. The largest absolute Gasteiger partial charge is 0.486 e. The number of likely N-dealkylation sites (tertiary alicyclic amines) is 1. The molecule has 6 nitrogen and oxygen atoms in total. The van der Waals surface area contributed by atoms with Crippen LogP contribution in [0.4, 0.5) is 0 Å². The van der Waals surface area contributed by atoms with Crippen molar-refractivity contribution in [1.29, 1.82) is 0 Å². The second-order valence-electron chi connectivity index (χ2n) is 6.71. The van der Waals surface area contributed by atoms with Crippen LogP contribution in [0.25, 0.3) is 22.8 Å². The van der Waals surface area contributed by atoms with Crippen molar-refractivity contribution >= 4 is 17.2 Å². The summed E-state index contributed by atoms with van der Waals surface area (Å²) in [5.74, 6) is 1.67. The van der Waals surface area contributed by atoms with Crippen molar-refractivity contribution in [1.82, 2.24) is 15.0 Å². The number of aromatic nitrogens is 2. The Bertz CT molecular complexity index is 1120. The van der Waals surface area contributed by atoms with E-state index in [4.69, 9.17) is 9.26 Å². The average molecular weight is 403 g/mol. The second-order valence-corrected chi connectivity index (χ2v) is 7.66. The van der Waals surface area contributed by atoms with Gasteiger partial charge in [-0.05, 0) is 23.6 Å². The molecule has 4 aromatic rings. The number of carbonyl (C=O) groups is 1. The van der Waals surface area contributed by atoms with Crippen molar-refractivity contribution < 1.29 is 14.1 Å². The van der Waals surface area contributed by atoms with Gasteiger partial charge in [0.15, 0.2) is 0 Å². The lowest BCUT2D eigenvalue weighted by molar-refractivity contribution is 0.0183. The van der Waals surface area contributed by atoms with Crippen LogP contribution in [0, 0.1) is 0 Å². The molecule has 0 radical (unpaired) electrons. The summed E-state index contributed by atoms with van der Waals surface area (Å²) in [7, 11) is 0. The highest BCUT2D eigenvalue weighted by Gasteiger charge is 2.33. The lowest BCUT2D eigenvalue weighted by Gasteiger charge is -2.38. The van der Waals surface area contributed by atoms with Gasteiger partial charge in [0.2, 0.25) is 5.82 Å². The molecule has 3 heterocycles. The monoisotopic (exact) mass is 403 g/mol. The highest BCUT2D eigenvalue weighted by molar-refractivity contribution is 7.12. The van der Waals surface area contributed by atoms with Gasteiger partial charge in [-0.2, -0.15) is 4.98 Å². The fourth-order valence-electron chi connectivity index (χ4n) is 3.20. The first-order valence-corrected chi connectivity index (χ1v) is 10.1. The minimum atomic E-state index is -0.0587. The van der Waals surface area contributed by atoms with Crippen LogP contribution in [0.5, 0.6) is 5.75 Å². The molecular weight excluding hydrogens is 386 g/mol. The van der Waals surface area contributed by atoms with E-state index in [1.54, 1.807) is 4.90 Å². The Morgan fingerprint density at radius 3 is 2.62 bits per heavy atom. The number of para-hydroxylation sites is 1. The number of carbonyl (C=O) groups excluding carboxylic acids is 1. The lowest BCUT2D eigenvalue weighted by Crippen LogP contribution is -2.56. The molecule has 1 aliphatic rings. The van der Waals surface area contributed by atoms with Crippen LogP contribution in [0.15, 0.2) is 76.6 Å². The Morgan fingerprint density at radius 2 is 1.83 bits per heavy atom. The van der Waals surface area contributed by atoms with Crippen LogP contribution in [0.3, 0.4) is 0 Å². The number of benzene rings is 2. The van der Waals surface area contributed by atoms with E-state index in [1.165, 1.54) is 11.3 Å². The predicted octanol–water partition coefficient (Wildman–Crippen LogP) is 4.37. The van der Waals surface area contributed by atoms with Crippen molar-refractivity contribution in [3.63, 3.8) is 0 Å². The summed E-state index contributed by atoms with van der Waals surface area (Å²) in [4.78, 5) is 19.4. The minimum Gasteiger partial charge on any atom is -0.486 e. The summed E-state index contributed by atoms with van der Waals surface area (Å²) in [6, 6.07) is 21.0. The van der Waals surface area contributed by atoms with Gasteiger partial charge in [-0.1, -0.05) is 53.7 Å². The van der Waals surface area contributed by atoms with E-state index in [2.05, 4.69) is 10.1 Å². The van der Waals surface area contributed by atoms with E-state index < -0.39 is 0 Å². The Morgan fingerprint density at radius 1 is 1.03 bits per heavy atom. The molecule has 0 N–H and O–H groups in total. The fourth-order valence-corrected chi connectivity index (χ4v) is 3.89. The summed E-state index contributed by atoms with van der Waals surface area (Å²) in [5, 5.41) is 6.00. The van der Waals surface area contributed by atoms with Gasteiger partial charge < -0.3 is 14.2 Å². The molecule has 1 saturated heterocycles. The van der Waals surface area contributed by atoms with Crippen LogP contribution in [0.1, 0.15) is 9.67 Å². The van der Waals surface area contributed by atoms with Gasteiger partial charge in [-0.15, -0.1) is 11.3 Å². The zero-order valence-corrected chi connectivity index (χ0v) is 16.2. The SMILES string of the molecule is O=C(c1cccs1)N1CC(Oc2ccccc2-c2nc(-c3ccccc3)no2)C1. The molecule has 1 aliphatic heterocycles. The lowest BCUT2D eigenvalue weighted by atomic mass is 10.1. The molecular formula is C22H17N3O3S. The van der Waals surface area contributed by atoms with Crippen LogP contribution in [-0.4, -0.2) is 40.1 Å². The summed E-state index contributed by atoms with van der Waals surface area (Å²) in [6.45, 7) is 1.12. The Kier molecular flexibility index (Phi) is 4.57. The van der Waals surface area contributed by atoms with Gasteiger partial charge in [-0.3, -0.25) is 4.79 Å². The fraction of sp³-hybridized carbons (Fsp3) is 0.136. The maximum atomic E-state index is 12.4. The van der Waals surface area contributed by atoms with E-state index in [9.17, 15) is 4.79 Å². The Labute approximate surface area is 171 Å². The predicted molar refractivity (Wildman–Crippen MR) is 110 cm³/mol. The van der Waals surface area contributed by atoms with Crippen molar-refractivity contribution in [3.8, 4) is 28.6 Å². The molecule has 2 aromatic carbocycles. The zero-order chi connectivity index (χ0) is 19.6. The molecule has 7 heteroatoms. The van der Waals surface area contributed by atoms with Crippen LogP contribution < -0.4 is 4.74 Å². The normalized spacial score (nSPS) is 13.9. The maximum Gasteiger partial charge on any atom is 0.264 e. The van der Waals surface area contributed by atoms with E-state index in [0.717, 1.165) is 16.0 Å². The molecule has 0 saturated carbocycles. The van der Waals surface area contributed by atoms with E-state index in [1.807, 2.05) is 72.1 Å². The summed E-state index contributed by atoms with van der Waals surface area (Å²) >= 11 is 1.45.